The Labute approximate surface area is 151 Å². The number of hydrogen-bond donors (Lipinski definition) is 1. The van der Waals surface area contributed by atoms with Crippen LogP contribution >= 0.6 is 15.9 Å². The summed E-state index contributed by atoms with van der Waals surface area (Å²) in [4.78, 5) is 11.9. The molecule has 0 bridgehead atoms. The van der Waals surface area contributed by atoms with E-state index in [0.29, 0.717) is 12.3 Å². The van der Waals surface area contributed by atoms with Crippen LogP contribution < -0.4 is 14.8 Å². The maximum absolute atomic E-state index is 11.9. The lowest BCUT2D eigenvalue weighted by atomic mass is 10.2. The Balaban J connectivity index is 1.78. The van der Waals surface area contributed by atoms with Gasteiger partial charge in [-0.2, -0.15) is 0 Å². The molecular formula is C19H22BrNO3. The second-order valence-electron chi connectivity index (χ2n) is 5.81. The molecule has 1 amide bonds. The van der Waals surface area contributed by atoms with Crippen molar-refractivity contribution in [2.24, 2.45) is 0 Å². The molecule has 0 saturated carbocycles. The quantitative estimate of drug-likeness (QED) is 0.767. The van der Waals surface area contributed by atoms with Crippen LogP contribution in [-0.2, 0) is 11.3 Å². The summed E-state index contributed by atoms with van der Waals surface area (Å²) in [6.45, 7) is 6.41. The maximum Gasteiger partial charge on any atom is 0.258 e. The smallest absolute Gasteiger partial charge is 0.258 e. The molecule has 5 heteroatoms. The molecule has 0 saturated heterocycles. The van der Waals surface area contributed by atoms with Crippen LogP contribution in [0.2, 0.25) is 0 Å². The minimum Gasteiger partial charge on any atom is -0.491 e. The molecule has 2 aromatic carbocycles. The highest BCUT2D eigenvalue weighted by atomic mass is 79.9. The molecule has 1 N–H and O–H groups in total. The van der Waals surface area contributed by atoms with Gasteiger partial charge in [0.05, 0.1) is 10.6 Å². The molecule has 0 aromatic heterocycles. The van der Waals surface area contributed by atoms with Crippen LogP contribution in [0.25, 0.3) is 0 Å². The number of hydrogen-bond acceptors (Lipinski definition) is 3. The third kappa shape index (κ3) is 5.89. The summed E-state index contributed by atoms with van der Waals surface area (Å²) in [6, 6.07) is 13.4. The summed E-state index contributed by atoms with van der Waals surface area (Å²) in [5.74, 6) is 1.32. The van der Waals surface area contributed by atoms with Crippen molar-refractivity contribution in [1.82, 2.24) is 5.32 Å². The Morgan fingerprint density at radius 1 is 1.17 bits per heavy atom. The van der Waals surface area contributed by atoms with E-state index in [1.165, 1.54) is 0 Å². The first-order chi connectivity index (χ1) is 11.4. The molecule has 0 unspecified atom stereocenters. The number of rotatable bonds is 7. The highest BCUT2D eigenvalue weighted by Gasteiger charge is 2.06. The fourth-order valence-corrected chi connectivity index (χ4v) is 2.68. The molecule has 128 valence electrons. The highest BCUT2D eigenvalue weighted by Crippen LogP contribution is 2.25. The predicted octanol–water partition coefficient (Wildman–Crippen LogP) is 4.24. The summed E-state index contributed by atoms with van der Waals surface area (Å²) in [6.07, 6.45) is 0.147. The van der Waals surface area contributed by atoms with Crippen LogP contribution in [0, 0.1) is 6.92 Å². The number of nitrogens with one attached hydrogen (secondary N) is 1. The lowest BCUT2D eigenvalue weighted by Gasteiger charge is -2.11. The van der Waals surface area contributed by atoms with Gasteiger partial charge in [-0.05, 0) is 72.1 Å². The van der Waals surface area contributed by atoms with Crippen molar-refractivity contribution >= 4 is 21.8 Å². The van der Waals surface area contributed by atoms with Crippen molar-refractivity contribution in [2.75, 3.05) is 6.61 Å². The van der Waals surface area contributed by atoms with E-state index in [1.54, 1.807) is 0 Å². The number of ether oxygens (including phenoxy) is 2. The zero-order valence-electron chi connectivity index (χ0n) is 14.1. The molecule has 0 aliphatic carbocycles. The van der Waals surface area contributed by atoms with Crippen molar-refractivity contribution in [1.29, 1.82) is 0 Å². The van der Waals surface area contributed by atoms with Crippen molar-refractivity contribution < 1.29 is 14.3 Å². The third-order valence-corrected chi connectivity index (χ3v) is 3.85. The summed E-state index contributed by atoms with van der Waals surface area (Å²) in [5, 5.41) is 2.84. The molecule has 0 radical (unpaired) electrons. The van der Waals surface area contributed by atoms with E-state index in [0.717, 1.165) is 21.3 Å². The molecule has 0 heterocycles. The average Bonchev–Trinajstić information content (AvgIpc) is 2.53. The zero-order chi connectivity index (χ0) is 17.5. The average molecular weight is 392 g/mol. The van der Waals surface area contributed by atoms with E-state index in [4.69, 9.17) is 9.47 Å². The molecule has 0 fully saturated rings. The van der Waals surface area contributed by atoms with E-state index in [1.807, 2.05) is 63.2 Å². The Kier molecular flexibility index (Phi) is 6.67. The molecule has 24 heavy (non-hydrogen) atoms. The minimum absolute atomic E-state index is 0.0177. The Morgan fingerprint density at radius 3 is 2.50 bits per heavy atom. The molecule has 4 nitrogen and oxygen atoms in total. The normalized spacial score (nSPS) is 10.5. The number of benzene rings is 2. The van der Waals surface area contributed by atoms with Crippen LogP contribution in [0.3, 0.4) is 0 Å². The van der Waals surface area contributed by atoms with Gasteiger partial charge in [0.2, 0.25) is 0 Å². The Morgan fingerprint density at radius 2 is 1.88 bits per heavy atom. The van der Waals surface area contributed by atoms with Gasteiger partial charge in [-0.25, -0.2) is 0 Å². The van der Waals surface area contributed by atoms with Gasteiger partial charge in [-0.3, -0.25) is 4.79 Å². The molecular weight excluding hydrogens is 370 g/mol. The Bertz CT molecular complexity index is 684. The van der Waals surface area contributed by atoms with Crippen LogP contribution in [-0.4, -0.2) is 18.6 Å². The van der Waals surface area contributed by atoms with Gasteiger partial charge in [0.1, 0.15) is 11.5 Å². The van der Waals surface area contributed by atoms with E-state index >= 15 is 0 Å². The first kappa shape index (κ1) is 18.3. The van der Waals surface area contributed by atoms with Gasteiger partial charge >= 0.3 is 0 Å². The number of aryl methyl sites for hydroxylation is 1. The van der Waals surface area contributed by atoms with Crippen LogP contribution in [0.1, 0.15) is 25.0 Å². The summed E-state index contributed by atoms with van der Waals surface area (Å²) in [5.41, 5.74) is 2.14. The van der Waals surface area contributed by atoms with Crippen molar-refractivity contribution in [3.05, 3.63) is 58.1 Å². The van der Waals surface area contributed by atoms with Gasteiger partial charge < -0.3 is 14.8 Å². The van der Waals surface area contributed by atoms with E-state index in [-0.39, 0.29) is 18.6 Å². The van der Waals surface area contributed by atoms with Crippen LogP contribution in [0.5, 0.6) is 11.5 Å². The summed E-state index contributed by atoms with van der Waals surface area (Å²) < 4.78 is 12.0. The van der Waals surface area contributed by atoms with Gasteiger partial charge in [-0.15, -0.1) is 0 Å². The van der Waals surface area contributed by atoms with Gasteiger partial charge in [-0.1, -0.05) is 18.2 Å². The van der Waals surface area contributed by atoms with E-state index in [9.17, 15) is 4.79 Å². The second kappa shape index (κ2) is 8.73. The first-order valence-corrected chi connectivity index (χ1v) is 8.64. The molecule has 2 aromatic rings. The van der Waals surface area contributed by atoms with Crippen molar-refractivity contribution in [3.63, 3.8) is 0 Å². The highest BCUT2D eigenvalue weighted by molar-refractivity contribution is 9.10. The molecule has 2 rings (SSSR count). The van der Waals surface area contributed by atoms with Crippen LogP contribution in [0.15, 0.2) is 46.9 Å². The zero-order valence-corrected chi connectivity index (χ0v) is 15.7. The van der Waals surface area contributed by atoms with Crippen molar-refractivity contribution in [3.8, 4) is 11.5 Å². The number of amides is 1. The SMILES string of the molecule is Cc1ccc(OCC(=O)NCc2ccc(OC(C)C)cc2)c(Br)c1. The number of halogens is 1. The largest absolute Gasteiger partial charge is 0.491 e. The first-order valence-electron chi connectivity index (χ1n) is 7.85. The summed E-state index contributed by atoms with van der Waals surface area (Å²) >= 11 is 3.43. The van der Waals surface area contributed by atoms with Gasteiger partial charge in [0.15, 0.2) is 6.61 Å². The fraction of sp³-hybridized carbons (Fsp3) is 0.316. The molecule has 0 spiro atoms. The number of carbonyl (C=O) groups excluding carboxylic acids is 1. The lowest BCUT2D eigenvalue weighted by Crippen LogP contribution is -2.28. The van der Waals surface area contributed by atoms with Crippen LogP contribution in [0.4, 0.5) is 0 Å². The number of carbonyl (C=O) groups is 1. The summed E-state index contributed by atoms with van der Waals surface area (Å²) in [7, 11) is 0. The molecule has 0 aliphatic rings. The standard InChI is InChI=1S/C19H22BrNO3/c1-13(2)24-16-7-5-15(6-8-16)11-21-19(22)12-23-18-9-4-14(3)10-17(18)20/h4-10,13H,11-12H2,1-3H3,(H,21,22). The lowest BCUT2D eigenvalue weighted by molar-refractivity contribution is -0.123. The third-order valence-electron chi connectivity index (χ3n) is 3.23. The van der Waals surface area contributed by atoms with E-state index < -0.39 is 0 Å². The minimum atomic E-state index is -0.162. The predicted molar refractivity (Wildman–Crippen MR) is 98.4 cm³/mol. The fourth-order valence-electron chi connectivity index (χ4n) is 2.08. The maximum atomic E-state index is 11.9. The monoisotopic (exact) mass is 391 g/mol. The van der Waals surface area contributed by atoms with E-state index in [2.05, 4.69) is 21.2 Å². The van der Waals surface area contributed by atoms with Gasteiger partial charge in [0.25, 0.3) is 5.91 Å². The topological polar surface area (TPSA) is 47.6 Å². The second-order valence-corrected chi connectivity index (χ2v) is 6.66. The molecule has 0 atom stereocenters. The van der Waals surface area contributed by atoms with Gasteiger partial charge in [0, 0.05) is 6.54 Å². The Hall–Kier alpha value is -2.01. The molecule has 0 aliphatic heterocycles. The van der Waals surface area contributed by atoms with Crippen molar-refractivity contribution in [2.45, 2.75) is 33.4 Å².